The van der Waals surface area contributed by atoms with E-state index in [4.69, 9.17) is 4.74 Å². The van der Waals surface area contributed by atoms with Crippen LogP contribution in [0.25, 0.3) is 0 Å². The standard InChI is InChI=1S/C20H31N3O2/c1-25-19-8-5-17(13-21-19)22-11-2-9-20(14-22)10-12-23(15-20)16-3-6-18(24)7-4-16/h5,8,13,16,18,24H,2-4,6-7,9-12,14-15H2,1H3/t16-,18-,20-/m0/s1. The Kier molecular flexibility index (Phi) is 4.87. The average molecular weight is 345 g/mol. The normalized spacial score (nSPS) is 33.8. The van der Waals surface area contributed by atoms with E-state index in [1.54, 1.807) is 7.11 Å². The third-order valence-electron chi connectivity index (χ3n) is 6.61. The number of methoxy groups -OCH3 is 1. The van der Waals surface area contributed by atoms with Crippen molar-refractivity contribution in [3.8, 4) is 5.88 Å². The van der Waals surface area contributed by atoms with Crippen LogP contribution in [0.4, 0.5) is 5.69 Å². The summed E-state index contributed by atoms with van der Waals surface area (Å²) in [6.07, 6.45) is 10.1. The molecule has 0 aromatic carbocycles. The van der Waals surface area contributed by atoms with E-state index in [2.05, 4.69) is 20.9 Å². The van der Waals surface area contributed by atoms with E-state index in [9.17, 15) is 5.11 Å². The molecule has 0 radical (unpaired) electrons. The summed E-state index contributed by atoms with van der Waals surface area (Å²) in [5.41, 5.74) is 1.66. The quantitative estimate of drug-likeness (QED) is 0.913. The molecule has 2 saturated heterocycles. The lowest BCUT2D eigenvalue weighted by molar-refractivity contribution is 0.0770. The highest BCUT2D eigenvalue weighted by atomic mass is 16.5. The van der Waals surface area contributed by atoms with Crippen LogP contribution in [0.5, 0.6) is 5.88 Å². The highest BCUT2D eigenvalue weighted by Crippen LogP contribution is 2.42. The van der Waals surface area contributed by atoms with Crippen molar-refractivity contribution < 1.29 is 9.84 Å². The minimum Gasteiger partial charge on any atom is -0.481 e. The van der Waals surface area contributed by atoms with Gasteiger partial charge in [0.05, 0.1) is 25.1 Å². The molecule has 138 valence electrons. The molecule has 1 aliphatic carbocycles. The third kappa shape index (κ3) is 3.63. The van der Waals surface area contributed by atoms with Gasteiger partial charge in [-0.2, -0.15) is 0 Å². The molecule has 25 heavy (non-hydrogen) atoms. The van der Waals surface area contributed by atoms with E-state index < -0.39 is 0 Å². The third-order valence-corrected chi connectivity index (χ3v) is 6.61. The topological polar surface area (TPSA) is 48.8 Å². The molecule has 1 saturated carbocycles. The number of hydrogen-bond acceptors (Lipinski definition) is 5. The molecular weight excluding hydrogens is 314 g/mol. The van der Waals surface area contributed by atoms with Crippen LogP contribution in [0, 0.1) is 5.41 Å². The van der Waals surface area contributed by atoms with E-state index in [1.165, 1.54) is 50.9 Å². The summed E-state index contributed by atoms with van der Waals surface area (Å²) in [5.74, 6) is 0.682. The fourth-order valence-electron chi connectivity index (χ4n) is 5.15. The van der Waals surface area contributed by atoms with Crippen molar-refractivity contribution in [3.63, 3.8) is 0 Å². The maximum Gasteiger partial charge on any atom is 0.213 e. The van der Waals surface area contributed by atoms with Crippen LogP contribution in [0.1, 0.15) is 44.9 Å². The maximum atomic E-state index is 9.77. The highest BCUT2D eigenvalue weighted by Gasteiger charge is 2.43. The smallest absolute Gasteiger partial charge is 0.213 e. The number of aliphatic hydroxyl groups excluding tert-OH is 1. The molecule has 1 spiro atoms. The van der Waals surface area contributed by atoms with Crippen molar-refractivity contribution >= 4 is 5.69 Å². The van der Waals surface area contributed by atoms with Crippen molar-refractivity contribution in [1.29, 1.82) is 0 Å². The number of hydrogen-bond donors (Lipinski definition) is 1. The van der Waals surface area contributed by atoms with Gasteiger partial charge in [-0.25, -0.2) is 4.98 Å². The van der Waals surface area contributed by atoms with E-state index >= 15 is 0 Å². The van der Waals surface area contributed by atoms with Crippen molar-refractivity contribution in [2.45, 2.75) is 57.1 Å². The SMILES string of the molecule is COc1ccc(N2CCC[C@]3(CCN([C@H]4CC[C@H](O)CC4)C3)C2)cn1. The Bertz CT molecular complexity index is 571. The van der Waals surface area contributed by atoms with Gasteiger partial charge in [-0.05, 0) is 57.6 Å². The molecule has 3 fully saturated rings. The summed E-state index contributed by atoms with van der Waals surface area (Å²) in [6.45, 7) is 4.74. The summed E-state index contributed by atoms with van der Waals surface area (Å²) in [5, 5.41) is 9.77. The number of ether oxygens (including phenoxy) is 1. The van der Waals surface area contributed by atoms with Crippen molar-refractivity contribution in [1.82, 2.24) is 9.88 Å². The molecular formula is C20H31N3O2. The van der Waals surface area contributed by atoms with Gasteiger partial charge < -0.3 is 14.7 Å². The first-order chi connectivity index (χ1) is 12.2. The predicted molar refractivity (Wildman–Crippen MR) is 99.1 cm³/mol. The molecule has 0 amide bonds. The van der Waals surface area contributed by atoms with Crippen molar-refractivity contribution in [3.05, 3.63) is 18.3 Å². The maximum absolute atomic E-state index is 9.77. The summed E-state index contributed by atoms with van der Waals surface area (Å²) in [6, 6.07) is 4.80. The van der Waals surface area contributed by atoms with Crippen LogP contribution in [-0.2, 0) is 0 Å². The van der Waals surface area contributed by atoms with E-state index in [1.807, 2.05) is 12.3 Å². The molecule has 5 nitrogen and oxygen atoms in total. The lowest BCUT2D eigenvalue weighted by atomic mass is 9.79. The predicted octanol–water partition coefficient (Wildman–Crippen LogP) is 2.69. The second kappa shape index (κ2) is 7.12. The van der Waals surface area contributed by atoms with E-state index in [-0.39, 0.29) is 6.10 Å². The Balaban J connectivity index is 1.40. The van der Waals surface area contributed by atoms with Crippen molar-refractivity contribution in [2.24, 2.45) is 5.41 Å². The Hall–Kier alpha value is -1.33. The van der Waals surface area contributed by atoms with Gasteiger partial charge in [-0.3, -0.25) is 4.90 Å². The van der Waals surface area contributed by atoms with Gasteiger partial charge in [0.1, 0.15) is 0 Å². The summed E-state index contributed by atoms with van der Waals surface area (Å²) < 4.78 is 5.18. The zero-order chi connectivity index (χ0) is 17.3. The zero-order valence-electron chi connectivity index (χ0n) is 15.4. The summed E-state index contributed by atoms with van der Waals surface area (Å²) >= 11 is 0. The Morgan fingerprint density at radius 1 is 1.12 bits per heavy atom. The van der Waals surface area contributed by atoms with Gasteiger partial charge in [0, 0.05) is 37.2 Å². The number of piperidine rings is 1. The molecule has 1 atom stereocenters. The number of likely N-dealkylation sites (tertiary alicyclic amines) is 1. The number of rotatable bonds is 3. The monoisotopic (exact) mass is 345 g/mol. The van der Waals surface area contributed by atoms with E-state index in [0.717, 1.165) is 25.9 Å². The molecule has 5 heteroatoms. The first-order valence-electron chi connectivity index (χ1n) is 9.85. The molecule has 3 aliphatic rings. The largest absolute Gasteiger partial charge is 0.481 e. The Morgan fingerprint density at radius 2 is 1.96 bits per heavy atom. The fraction of sp³-hybridized carbons (Fsp3) is 0.750. The number of aromatic nitrogens is 1. The average Bonchev–Trinajstić information content (AvgIpc) is 3.05. The van der Waals surface area contributed by atoms with Crippen LogP contribution >= 0.6 is 0 Å². The Labute approximate surface area is 151 Å². The minimum atomic E-state index is -0.0550. The van der Waals surface area contributed by atoms with Crippen LogP contribution in [0.3, 0.4) is 0 Å². The van der Waals surface area contributed by atoms with Gasteiger partial charge in [0.25, 0.3) is 0 Å². The van der Waals surface area contributed by atoms with Crippen LogP contribution in [0.2, 0.25) is 0 Å². The molecule has 0 unspecified atom stereocenters. The Morgan fingerprint density at radius 3 is 2.68 bits per heavy atom. The number of pyridine rings is 1. The second-order valence-corrected chi connectivity index (χ2v) is 8.27. The van der Waals surface area contributed by atoms with Crippen molar-refractivity contribution in [2.75, 3.05) is 38.2 Å². The summed E-state index contributed by atoms with van der Waals surface area (Å²) in [4.78, 5) is 9.63. The van der Waals surface area contributed by atoms with Crippen LogP contribution in [-0.4, -0.2) is 60.4 Å². The van der Waals surface area contributed by atoms with Gasteiger partial charge in [0.2, 0.25) is 5.88 Å². The first kappa shape index (κ1) is 17.1. The van der Waals surface area contributed by atoms with Crippen LogP contribution < -0.4 is 9.64 Å². The second-order valence-electron chi connectivity index (χ2n) is 8.27. The molecule has 1 aromatic heterocycles. The first-order valence-corrected chi connectivity index (χ1v) is 9.85. The van der Waals surface area contributed by atoms with Gasteiger partial charge in [-0.1, -0.05) is 0 Å². The van der Waals surface area contributed by atoms with E-state index in [0.29, 0.717) is 17.3 Å². The number of aliphatic hydroxyl groups is 1. The highest BCUT2D eigenvalue weighted by molar-refractivity contribution is 5.46. The molecule has 0 bridgehead atoms. The molecule has 4 rings (SSSR count). The van der Waals surface area contributed by atoms with Crippen LogP contribution in [0.15, 0.2) is 18.3 Å². The number of nitrogens with zero attached hydrogens (tertiary/aromatic N) is 3. The summed E-state index contributed by atoms with van der Waals surface area (Å²) in [7, 11) is 1.66. The lowest BCUT2D eigenvalue weighted by Gasteiger charge is -2.42. The lowest BCUT2D eigenvalue weighted by Crippen LogP contribution is -2.46. The van der Waals surface area contributed by atoms with Gasteiger partial charge in [-0.15, -0.1) is 0 Å². The zero-order valence-corrected chi connectivity index (χ0v) is 15.4. The molecule has 3 heterocycles. The minimum absolute atomic E-state index is 0.0550. The fourth-order valence-corrected chi connectivity index (χ4v) is 5.15. The van der Waals surface area contributed by atoms with Gasteiger partial charge >= 0.3 is 0 Å². The molecule has 1 N–H and O–H groups in total. The number of anilines is 1. The van der Waals surface area contributed by atoms with Gasteiger partial charge in [0.15, 0.2) is 0 Å². The molecule has 1 aromatic rings. The molecule has 2 aliphatic heterocycles.